The van der Waals surface area contributed by atoms with Gasteiger partial charge in [0.1, 0.15) is 5.56 Å². The molecule has 2 N–H and O–H groups in total. The summed E-state index contributed by atoms with van der Waals surface area (Å²) in [4.78, 5) is 10.0. The lowest BCUT2D eigenvalue weighted by Gasteiger charge is -2.35. The van der Waals surface area contributed by atoms with Crippen molar-refractivity contribution in [3.63, 3.8) is 0 Å². The number of aryl methyl sites for hydroxylation is 2. The summed E-state index contributed by atoms with van der Waals surface area (Å²) in [5.41, 5.74) is 1.92. The lowest BCUT2D eigenvalue weighted by atomic mass is 10.1. The second kappa shape index (κ2) is 7.81. The maximum absolute atomic E-state index is 13.7. The number of rotatable bonds is 5. The molecule has 0 aliphatic carbocycles. The Bertz CT molecular complexity index is 1320. The molecule has 3 aromatic heterocycles. The predicted octanol–water partition coefficient (Wildman–Crippen LogP) is 2.80. The average molecular weight is 458 g/mol. The molecule has 1 aliphatic rings. The van der Waals surface area contributed by atoms with Crippen LogP contribution in [0.4, 0.5) is 24.8 Å². The lowest BCUT2D eigenvalue weighted by molar-refractivity contribution is -0.138. The Hall–Kier alpha value is -3.51. The quantitative estimate of drug-likeness (QED) is 0.475. The molecule has 9 nitrogen and oxygen atoms in total. The van der Waals surface area contributed by atoms with Crippen LogP contribution in [0.25, 0.3) is 16.7 Å². The summed E-state index contributed by atoms with van der Waals surface area (Å²) in [5, 5.41) is 21.8. The molecular formula is C21H21F3N8O. The summed E-state index contributed by atoms with van der Waals surface area (Å²) in [5.74, 6) is -0.345. The van der Waals surface area contributed by atoms with Crippen molar-refractivity contribution in [2.24, 2.45) is 7.05 Å². The van der Waals surface area contributed by atoms with Gasteiger partial charge in [0.05, 0.1) is 23.5 Å². The van der Waals surface area contributed by atoms with Crippen LogP contribution < -0.4 is 5.32 Å². The van der Waals surface area contributed by atoms with Gasteiger partial charge in [0, 0.05) is 55.7 Å². The van der Waals surface area contributed by atoms with Gasteiger partial charge in [-0.25, -0.2) is 9.67 Å². The van der Waals surface area contributed by atoms with Crippen molar-refractivity contribution in [1.82, 2.24) is 34.4 Å². The van der Waals surface area contributed by atoms with Gasteiger partial charge in [0.15, 0.2) is 5.82 Å². The first-order valence-electron chi connectivity index (χ1n) is 10.3. The molecule has 0 amide bonds. The van der Waals surface area contributed by atoms with Crippen molar-refractivity contribution < 1.29 is 18.3 Å². The number of nitrogens with one attached hydrogen (secondary N) is 1. The molecular weight excluding hydrogens is 437 g/mol. The van der Waals surface area contributed by atoms with Gasteiger partial charge in [-0.15, -0.1) is 0 Å². The van der Waals surface area contributed by atoms with E-state index in [9.17, 15) is 18.3 Å². The first-order chi connectivity index (χ1) is 15.7. The fraction of sp³-hybridized carbons (Fsp3) is 0.333. The smallest absolute Gasteiger partial charge is 0.390 e. The second-order valence-corrected chi connectivity index (χ2v) is 8.13. The van der Waals surface area contributed by atoms with Gasteiger partial charge in [-0.05, 0) is 25.1 Å². The fourth-order valence-corrected chi connectivity index (χ4v) is 3.85. The topological polar surface area (TPSA) is 96.9 Å². The van der Waals surface area contributed by atoms with Gasteiger partial charge < -0.3 is 10.4 Å². The molecule has 4 aromatic rings. The van der Waals surface area contributed by atoms with Crippen LogP contribution in [0.2, 0.25) is 0 Å². The van der Waals surface area contributed by atoms with Gasteiger partial charge in [-0.3, -0.25) is 9.58 Å². The van der Waals surface area contributed by atoms with Crippen molar-refractivity contribution in [1.29, 1.82) is 0 Å². The molecule has 172 valence electrons. The maximum Gasteiger partial charge on any atom is 0.421 e. The largest absolute Gasteiger partial charge is 0.421 e. The molecule has 0 saturated carbocycles. The number of alkyl halides is 3. The van der Waals surface area contributed by atoms with E-state index in [4.69, 9.17) is 0 Å². The minimum absolute atomic E-state index is 0.0156. The number of β-amino-alcohol motifs (C(OH)–C–C–N with tert-alkyl or cyclic N) is 1. The van der Waals surface area contributed by atoms with Crippen LogP contribution in [0.5, 0.6) is 0 Å². The predicted molar refractivity (Wildman–Crippen MR) is 114 cm³/mol. The molecule has 1 fully saturated rings. The van der Waals surface area contributed by atoms with Gasteiger partial charge in [0.25, 0.3) is 0 Å². The van der Waals surface area contributed by atoms with E-state index in [2.05, 4.69) is 25.5 Å². The Balaban J connectivity index is 1.48. The third-order valence-electron chi connectivity index (χ3n) is 5.63. The Labute approximate surface area is 186 Å². The van der Waals surface area contributed by atoms with Crippen molar-refractivity contribution in [3.8, 4) is 5.82 Å². The Kier molecular flexibility index (Phi) is 5.05. The number of aliphatic hydroxyl groups is 1. The Morgan fingerprint density at radius 3 is 2.73 bits per heavy atom. The molecule has 0 unspecified atom stereocenters. The minimum Gasteiger partial charge on any atom is -0.390 e. The zero-order valence-corrected chi connectivity index (χ0v) is 17.9. The van der Waals surface area contributed by atoms with Gasteiger partial charge in [-0.1, -0.05) is 0 Å². The first kappa shape index (κ1) is 21.3. The summed E-state index contributed by atoms with van der Waals surface area (Å²) in [6, 6.07) is 5.45. The van der Waals surface area contributed by atoms with E-state index in [1.807, 2.05) is 24.1 Å². The van der Waals surface area contributed by atoms with Crippen molar-refractivity contribution in [2.75, 3.05) is 18.4 Å². The highest BCUT2D eigenvalue weighted by atomic mass is 19.4. The van der Waals surface area contributed by atoms with Crippen LogP contribution in [-0.2, 0) is 19.8 Å². The molecule has 5 rings (SSSR count). The van der Waals surface area contributed by atoms with Crippen LogP contribution >= 0.6 is 0 Å². The maximum atomic E-state index is 13.7. The van der Waals surface area contributed by atoms with Crippen molar-refractivity contribution >= 4 is 22.5 Å². The highest BCUT2D eigenvalue weighted by molar-refractivity contribution is 5.83. The van der Waals surface area contributed by atoms with Crippen LogP contribution in [0.1, 0.15) is 16.8 Å². The number of anilines is 2. The summed E-state index contributed by atoms with van der Waals surface area (Å²) in [6.07, 6.45) is -1.01. The number of aliphatic hydroxyl groups excluding tert-OH is 1. The Morgan fingerprint density at radius 2 is 2.00 bits per heavy atom. The number of benzene rings is 1. The number of hydrogen-bond donors (Lipinski definition) is 2. The zero-order valence-electron chi connectivity index (χ0n) is 17.9. The third kappa shape index (κ3) is 4.14. The van der Waals surface area contributed by atoms with E-state index in [0.717, 1.165) is 27.3 Å². The monoisotopic (exact) mass is 458 g/mol. The number of halogens is 3. The van der Waals surface area contributed by atoms with Gasteiger partial charge in [0.2, 0.25) is 5.95 Å². The number of hydrogen-bond acceptors (Lipinski definition) is 7. The number of fused-ring (bicyclic) bond motifs is 1. The molecule has 0 spiro atoms. The van der Waals surface area contributed by atoms with Crippen LogP contribution in [0, 0.1) is 6.92 Å². The molecule has 1 saturated heterocycles. The van der Waals surface area contributed by atoms with Gasteiger partial charge in [-0.2, -0.15) is 28.4 Å². The highest BCUT2D eigenvalue weighted by Crippen LogP contribution is 2.33. The molecule has 4 heterocycles. The van der Waals surface area contributed by atoms with Crippen LogP contribution in [-0.4, -0.2) is 58.7 Å². The van der Waals surface area contributed by atoms with Gasteiger partial charge >= 0.3 is 6.18 Å². The third-order valence-corrected chi connectivity index (χ3v) is 5.63. The SMILES string of the molecule is Cc1nn(-c2nc(Nc3ccc4c(cnn4C)c3)ncc2C(F)(F)F)cc1CN1CC(O)C1. The molecule has 1 aliphatic heterocycles. The molecule has 0 atom stereocenters. The first-order valence-corrected chi connectivity index (χ1v) is 10.3. The van der Waals surface area contributed by atoms with E-state index in [1.165, 1.54) is 0 Å². The van der Waals surface area contributed by atoms with Crippen LogP contribution in [0.15, 0.2) is 36.8 Å². The molecule has 1 aromatic carbocycles. The molecule has 0 radical (unpaired) electrons. The van der Waals surface area contributed by atoms with Crippen molar-refractivity contribution in [3.05, 3.63) is 53.6 Å². The normalized spacial score (nSPS) is 15.2. The van der Waals surface area contributed by atoms with Crippen molar-refractivity contribution in [2.45, 2.75) is 25.7 Å². The van der Waals surface area contributed by atoms with E-state index in [1.54, 1.807) is 30.1 Å². The summed E-state index contributed by atoms with van der Waals surface area (Å²) < 4.78 is 44.0. The average Bonchev–Trinajstić information content (AvgIpc) is 3.28. The number of aromatic nitrogens is 6. The second-order valence-electron chi connectivity index (χ2n) is 8.13. The van der Waals surface area contributed by atoms with E-state index < -0.39 is 11.7 Å². The van der Waals surface area contributed by atoms with E-state index in [-0.39, 0.29) is 17.9 Å². The molecule has 0 bridgehead atoms. The highest BCUT2D eigenvalue weighted by Gasteiger charge is 2.36. The zero-order chi connectivity index (χ0) is 23.3. The van der Waals surface area contributed by atoms with Crippen LogP contribution in [0.3, 0.4) is 0 Å². The molecule has 12 heteroatoms. The number of likely N-dealkylation sites (tertiary alicyclic amines) is 1. The summed E-state index contributed by atoms with van der Waals surface area (Å²) >= 11 is 0. The summed E-state index contributed by atoms with van der Waals surface area (Å²) in [7, 11) is 1.82. The minimum atomic E-state index is -4.65. The summed E-state index contributed by atoms with van der Waals surface area (Å²) in [6.45, 7) is 3.28. The number of nitrogens with zero attached hydrogens (tertiary/aromatic N) is 7. The Morgan fingerprint density at radius 1 is 1.21 bits per heavy atom. The lowest BCUT2D eigenvalue weighted by Crippen LogP contribution is -2.49. The molecule has 33 heavy (non-hydrogen) atoms. The van der Waals surface area contributed by atoms with E-state index in [0.29, 0.717) is 31.0 Å². The fourth-order valence-electron chi connectivity index (χ4n) is 3.85. The van der Waals surface area contributed by atoms with E-state index >= 15 is 0 Å². The standard InChI is InChI=1S/C21H21F3N8O/c1-12-14(8-31-10-16(33)11-31)9-32(29-12)19-17(21(22,23)24)7-25-20(28-19)27-15-3-4-18-13(5-15)6-26-30(18)2/h3-7,9,16,33H,8,10-11H2,1-2H3,(H,25,27,28).